The Morgan fingerprint density at radius 1 is 1.43 bits per heavy atom. The van der Waals surface area contributed by atoms with Crippen LogP contribution in [0.3, 0.4) is 0 Å². The summed E-state index contributed by atoms with van der Waals surface area (Å²) < 4.78 is 32.1. The number of carboxylic acid groups (broad SMARTS) is 1. The van der Waals surface area contributed by atoms with Crippen molar-refractivity contribution < 1.29 is 22.7 Å². The van der Waals surface area contributed by atoms with E-state index in [4.69, 9.17) is 9.52 Å². The normalized spacial score (nSPS) is 13.2. The molecule has 0 radical (unpaired) electrons. The Kier molecular flexibility index (Phi) is 4.81. The van der Waals surface area contributed by atoms with Crippen LogP contribution in [0.1, 0.15) is 30.0 Å². The van der Waals surface area contributed by atoms with Crippen molar-refractivity contribution >= 4 is 27.3 Å². The summed E-state index contributed by atoms with van der Waals surface area (Å²) in [6.07, 6.45) is 0.250. The van der Waals surface area contributed by atoms with Gasteiger partial charge in [-0.25, -0.2) is 8.42 Å². The molecule has 1 atom stereocenters. The van der Waals surface area contributed by atoms with Crippen molar-refractivity contribution in [1.29, 1.82) is 0 Å². The number of hydrogen-bond donors (Lipinski definition) is 2. The molecule has 0 aliphatic carbocycles. The van der Waals surface area contributed by atoms with Gasteiger partial charge in [0.05, 0.1) is 12.5 Å². The van der Waals surface area contributed by atoms with Gasteiger partial charge < -0.3 is 9.52 Å². The van der Waals surface area contributed by atoms with Crippen LogP contribution in [0.2, 0.25) is 0 Å². The zero-order valence-corrected chi connectivity index (χ0v) is 12.9. The Morgan fingerprint density at radius 2 is 2.19 bits per heavy atom. The van der Waals surface area contributed by atoms with Gasteiger partial charge in [-0.3, -0.25) is 4.79 Å². The molecule has 2 heterocycles. The second-order valence-electron chi connectivity index (χ2n) is 4.36. The Labute approximate surface area is 126 Å². The summed E-state index contributed by atoms with van der Waals surface area (Å²) in [6.45, 7) is 1.85. The van der Waals surface area contributed by atoms with E-state index in [0.29, 0.717) is 17.1 Å². The second-order valence-corrected chi connectivity index (χ2v) is 6.99. The third kappa shape index (κ3) is 3.93. The maximum atomic E-state index is 12.3. The summed E-state index contributed by atoms with van der Waals surface area (Å²) in [4.78, 5) is 11.6. The van der Waals surface area contributed by atoms with E-state index < -0.39 is 22.0 Å². The highest BCUT2D eigenvalue weighted by atomic mass is 32.2. The van der Waals surface area contributed by atoms with E-state index in [0.717, 1.165) is 0 Å². The molecule has 2 N–H and O–H groups in total. The number of nitrogens with one attached hydrogen (secondary N) is 1. The van der Waals surface area contributed by atoms with E-state index in [1.807, 2.05) is 6.92 Å². The molecule has 0 saturated carbocycles. The molecule has 6 nitrogen and oxygen atoms in total. The van der Waals surface area contributed by atoms with Crippen LogP contribution in [-0.4, -0.2) is 19.5 Å². The average molecular weight is 329 g/mol. The van der Waals surface area contributed by atoms with Crippen LogP contribution in [0, 0.1) is 0 Å². The Hall–Kier alpha value is -1.64. The van der Waals surface area contributed by atoms with Crippen molar-refractivity contribution in [3.8, 4) is 0 Å². The van der Waals surface area contributed by atoms with Gasteiger partial charge in [-0.2, -0.15) is 4.72 Å². The lowest BCUT2D eigenvalue weighted by Gasteiger charge is -2.14. The third-order valence-electron chi connectivity index (χ3n) is 2.81. The molecule has 0 spiro atoms. The topological polar surface area (TPSA) is 96.6 Å². The lowest BCUT2D eigenvalue weighted by atomic mass is 10.2. The molecule has 1 unspecified atom stereocenters. The minimum absolute atomic E-state index is 0.203. The van der Waals surface area contributed by atoms with Crippen molar-refractivity contribution in [2.45, 2.75) is 30.9 Å². The van der Waals surface area contributed by atoms with Gasteiger partial charge in [0.15, 0.2) is 0 Å². The number of thiophene rings is 1. The van der Waals surface area contributed by atoms with Gasteiger partial charge in [0.2, 0.25) is 5.09 Å². The molecular weight excluding hydrogens is 314 g/mol. The number of aryl methyl sites for hydroxylation is 1. The molecule has 0 aromatic carbocycles. The second kappa shape index (κ2) is 6.42. The Morgan fingerprint density at radius 3 is 2.71 bits per heavy atom. The van der Waals surface area contributed by atoms with Crippen LogP contribution < -0.4 is 4.72 Å². The fraction of sp³-hybridized carbons (Fsp3) is 0.308. The van der Waals surface area contributed by atoms with E-state index in [9.17, 15) is 13.2 Å². The average Bonchev–Trinajstić information content (AvgIpc) is 3.09. The summed E-state index contributed by atoms with van der Waals surface area (Å²) in [5.74, 6) is -0.522. The number of furan rings is 1. The maximum absolute atomic E-state index is 12.3. The summed E-state index contributed by atoms with van der Waals surface area (Å²) in [5.41, 5.74) is 0. The van der Waals surface area contributed by atoms with Crippen molar-refractivity contribution in [2.75, 3.05) is 0 Å². The first-order chi connectivity index (χ1) is 9.92. The van der Waals surface area contributed by atoms with Gasteiger partial charge in [-0.1, -0.05) is 13.0 Å². The lowest BCUT2D eigenvalue weighted by Crippen LogP contribution is -2.29. The number of carboxylic acids is 1. The van der Waals surface area contributed by atoms with Crippen molar-refractivity contribution in [1.82, 2.24) is 4.72 Å². The van der Waals surface area contributed by atoms with E-state index in [1.54, 1.807) is 23.6 Å². The van der Waals surface area contributed by atoms with Gasteiger partial charge in [0, 0.05) is 11.3 Å². The molecule has 114 valence electrons. The molecule has 0 aliphatic heterocycles. The summed E-state index contributed by atoms with van der Waals surface area (Å²) in [5, 5.41) is 10.5. The van der Waals surface area contributed by atoms with Crippen LogP contribution in [0.4, 0.5) is 0 Å². The largest absolute Gasteiger partial charge is 0.481 e. The highest BCUT2D eigenvalue weighted by molar-refractivity contribution is 7.89. The van der Waals surface area contributed by atoms with Crippen LogP contribution in [-0.2, 0) is 21.2 Å². The van der Waals surface area contributed by atoms with E-state index in [1.165, 1.54) is 17.4 Å². The van der Waals surface area contributed by atoms with Crippen molar-refractivity contribution in [3.05, 3.63) is 40.3 Å². The SMILES string of the molecule is CCc1ccc(S(=O)(=O)NC(CC(=O)O)c2cccs2)o1. The number of sulfonamides is 1. The number of carbonyl (C=O) groups is 1. The molecule has 0 bridgehead atoms. The molecule has 8 heteroatoms. The minimum Gasteiger partial charge on any atom is -0.481 e. The predicted molar refractivity (Wildman–Crippen MR) is 77.7 cm³/mol. The van der Waals surface area contributed by atoms with Gasteiger partial charge in [-0.05, 0) is 23.6 Å². The monoisotopic (exact) mass is 329 g/mol. The summed E-state index contributed by atoms with van der Waals surface area (Å²) in [6, 6.07) is 5.58. The number of rotatable bonds is 7. The first-order valence-corrected chi connectivity index (χ1v) is 8.65. The molecule has 0 aliphatic rings. The fourth-order valence-electron chi connectivity index (χ4n) is 1.80. The van der Waals surface area contributed by atoms with Crippen LogP contribution in [0.5, 0.6) is 0 Å². The highest BCUT2D eigenvalue weighted by Crippen LogP contribution is 2.25. The third-order valence-corrected chi connectivity index (χ3v) is 5.14. The van der Waals surface area contributed by atoms with Crippen LogP contribution >= 0.6 is 11.3 Å². The molecule has 0 saturated heterocycles. The molecule has 0 amide bonds. The van der Waals surface area contributed by atoms with E-state index >= 15 is 0 Å². The van der Waals surface area contributed by atoms with Gasteiger partial charge in [0.25, 0.3) is 10.0 Å². The van der Waals surface area contributed by atoms with Gasteiger partial charge >= 0.3 is 5.97 Å². The Bertz CT molecular complexity index is 703. The predicted octanol–water partition coefficient (Wildman–Crippen LogP) is 2.40. The van der Waals surface area contributed by atoms with Crippen molar-refractivity contribution in [3.63, 3.8) is 0 Å². The maximum Gasteiger partial charge on any atom is 0.305 e. The first-order valence-electron chi connectivity index (χ1n) is 6.28. The molecule has 2 aromatic heterocycles. The molecular formula is C13H15NO5S2. The number of hydrogen-bond acceptors (Lipinski definition) is 5. The Balaban J connectivity index is 2.24. The smallest absolute Gasteiger partial charge is 0.305 e. The lowest BCUT2D eigenvalue weighted by molar-refractivity contribution is -0.137. The zero-order chi connectivity index (χ0) is 15.5. The molecule has 2 rings (SSSR count). The van der Waals surface area contributed by atoms with Gasteiger partial charge in [-0.15, -0.1) is 11.3 Å². The summed E-state index contributed by atoms with van der Waals surface area (Å²) in [7, 11) is -3.89. The quantitative estimate of drug-likeness (QED) is 0.813. The van der Waals surface area contributed by atoms with Crippen LogP contribution in [0.15, 0.2) is 39.2 Å². The highest BCUT2D eigenvalue weighted by Gasteiger charge is 2.26. The van der Waals surface area contributed by atoms with E-state index in [-0.39, 0.29) is 11.5 Å². The standard InChI is InChI=1S/C13H15NO5S2/c1-2-9-5-6-13(19-9)21(17,18)14-10(8-12(15)16)11-4-3-7-20-11/h3-7,10,14H,2,8H2,1H3,(H,15,16). The minimum atomic E-state index is -3.89. The fourth-order valence-corrected chi connectivity index (χ4v) is 3.82. The molecule has 2 aromatic rings. The number of aliphatic carboxylic acids is 1. The molecule has 21 heavy (non-hydrogen) atoms. The van der Waals surface area contributed by atoms with E-state index in [2.05, 4.69) is 4.72 Å². The first kappa shape index (κ1) is 15.7. The van der Waals surface area contributed by atoms with Crippen molar-refractivity contribution in [2.24, 2.45) is 0 Å². The zero-order valence-electron chi connectivity index (χ0n) is 11.3. The molecule has 0 fully saturated rings. The van der Waals surface area contributed by atoms with Gasteiger partial charge in [0.1, 0.15) is 5.76 Å². The summed E-state index contributed by atoms with van der Waals surface area (Å²) >= 11 is 1.30. The van der Waals surface area contributed by atoms with Crippen LogP contribution in [0.25, 0.3) is 0 Å².